The zero-order valence-electron chi connectivity index (χ0n) is 19.5. The molecule has 0 spiro atoms. The highest BCUT2D eigenvalue weighted by Crippen LogP contribution is 2.25. The maximum absolute atomic E-state index is 14.4. The van der Waals surface area contributed by atoms with E-state index in [0.29, 0.717) is 56.9 Å². The molecular formula is C26H33FN2O3. The second kappa shape index (κ2) is 10.2. The summed E-state index contributed by atoms with van der Waals surface area (Å²) >= 11 is 0. The first-order valence-electron chi connectivity index (χ1n) is 11.2. The summed E-state index contributed by atoms with van der Waals surface area (Å²) in [5.74, 6) is 0.363. The van der Waals surface area contributed by atoms with Crippen LogP contribution in [0.25, 0.3) is 0 Å². The van der Waals surface area contributed by atoms with E-state index < -0.39 is 5.82 Å². The van der Waals surface area contributed by atoms with Crippen molar-refractivity contribution in [3.63, 3.8) is 0 Å². The topological polar surface area (TPSA) is 49.9 Å². The summed E-state index contributed by atoms with van der Waals surface area (Å²) in [7, 11) is 0. The van der Waals surface area contributed by atoms with Gasteiger partial charge in [-0.1, -0.05) is 32.9 Å². The van der Waals surface area contributed by atoms with Gasteiger partial charge in [0.15, 0.2) is 5.78 Å². The van der Waals surface area contributed by atoms with Crippen molar-refractivity contribution < 1.29 is 18.7 Å². The minimum Gasteiger partial charge on any atom is -0.494 e. The normalized spacial score (nSPS) is 14.4. The number of nitrogens with zero attached hydrogens (tertiary/aromatic N) is 2. The van der Waals surface area contributed by atoms with Crippen LogP contribution in [0.2, 0.25) is 0 Å². The van der Waals surface area contributed by atoms with Crippen LogP contribution in [0.15, 0.2) is 42.5 Å². The maximum atomic E-state index is 14.4. The Morgan fingerprint density at radius 3 is 2.22 bits per heavy atom. The first-order chi connectivity index (χ1) is 15.1. The van der Waals surface area contributed by atoms with Gasteiger partial charge < -0.3 is 14.5 Å². The minimum atomic E-state index is -0.398. The monoisotopic (exact) mass is 440 g/mol. The molecule has 1 aliphatic heterocycles. The number of benzene rings is 2. The van der Waals surface area contributed by atoms with E-state index in [-0.39, 0.29) is 17.1 Å². The number of halogens is 1. The Kier molecular flexibility index (Phi) is 7.54. The average molecular weight is 441 g/mol. The molecule has 0 aromatic heterocycles. The van der Waals surface area contributed by atoms with E-state index in [1.807, 2.05) is 21.9 Å². The predicted molar refractivity (Wildman–Crippen MR) is 125 cm³/mol. The number of anilines is 1. The molecule has 32 heavy (non-hydrogen) atoms. The lowest BCUT2D eigenvalue weighted by molar-refractivity contribution is -0.131. The second-order valence-electron chi connectivity index (χ2n) is 9.32. The van der Waals surface area contributed by atoms with Crippen LogP contribution in [0.5, 0.6) is 5.75 Å². The number of ketones is 1. The Hall–Kier alpha value is -2.89. The number of amides is 1. The number of hydrogen-bond acceptors (Lipinski definition) is 4. The van der Waals surface area contributed by atoms with Gasteiger partial charge in [0.1, 0.15) is 11.6 Å². The van der Waals surface area contributed by atoms with Crippen LogP contribution in [0, 0.1) is 5.82 Å². The SMILES string of the molecule is CC(=O)c1ccc(N2CCN(C(=O)CCCOc3ccc(C(C)(C)C)cc3)CC2)c(F)c1. The summed E-state index contributed by atoms with van der Waals surface area (Å²) in [4.78, 5) is 27.7. The van der Waals surface area contributed by atoms with E-state index in [1.165, 1.54) is 18.6 Å². The van der Waals surface area contributed by atoms with Crippen molar-refractivity contribution in [3.05, 3.63) is 59.4 Å². The Labute approximate surface area is 190 Å². The minimum absolute atomic E-state index is 0.101. The molecule has 0 atom stereocenters. The molecule has 0 saturated carbocycles. The first-order valence-corrected chi connectivity index (χ1v) is 11.2. The Balaban J connectivity index is 1.41. The highest BCUT2D eigenvalue weighted by atomic mass is 19.1. The van der Waals surface area contributed by atoms with Crippen molar-refractivity contribution in [2.75, 3.05) is 37.7 Å². The largest absolute Gasteiger partial charge is 0.494 e. The number of carbonyl (C=O) groups excluding carboxylic acids is 2. The summed E-state index contributed by atoms with van der Waals surface area (Å²) in [6, 6.07) is 12.7. The average Bonchev–Trinajstić information content (AvgIpc) is 2.76. The van der Waals surface area contributed by atoms with Gasteiger partial charge in [-0.15, -0.1) is 0 Å². The molecule has 1 heterocycles. The number of ether oxygens (including phenoxy) is 1. The van der Waals surface area contributed by atoms with Gasteiger partial charge in [0.2, 0.25) is 5.91 Å². The highest BCUT2D eigenvalue weighted by molar-refractivity contribution is 5.94. The second-order valence-corrected chi connectivity index (χ2v) is 9.32. The third-order valence-electron chi connectivity index (χ3n) is 5.85. The lowest BCUT2D eigenvalue weighted by Crippen LogP contribution is -2.49. The van der Waals surface area contributed by atoms with Gasteiger partial charge in [0.25, 0.3) is 0 Å². The Bertz CT molecular complexity index is 943. The fourth-order valence-electron chi connectivity index (χ4n) is 3.80. The zero-order chi connectivity index (χ0) is 23.3. The molecule has 0 unspecified atom stereocenters. The molecule has 2 aromatic rings. The summed E-state index contributed by atoms with van der Waals surface area (Å²) in [5, 5.41) is 0. The Morgan fingerprint density at radius 2 is 1.66 bits per heavy atom. The van der Waals surface area contributed by atoms with E-state index in [4.69, 9.17) is 4.74 Å². The first kappa shape index (κ1) is 23.8. The van der Waals surface area contributed by atoms with Gasteiger partial charge in [0.05, 0.1) is 12.3 Å². The molecule has 172 valence electrons. The van der Waals surface area contributed by atoms with Crippen molar-refractivity contribution in [3.8, 4) is 5.75 Å². The van der Waals surface area contributed by atoms with Crippen molar-refractivity contribution in [2.24, 2.45) is 0 Å². The highest BCUT2D eigenvalue weighted by Gasteiger charge is 2.23. The maximum Gasteiger partial charge on any atom is 0.222 e. The van der Waals surface area contributed by atoms with Crippen LogP contribution in [-0.4, -0.2) is 49.4 Å². The summed E-state index contributed by atoms with van der Waals surface area (Å²) in [6.07, 6.45) is 1.09. The smallest absolute Gasteiger partial charge is 0.222 e. The third kappa shape index (κ3) is 6.09. The van der Waals surface area contributed by atoms with Crippen LogP contribution in [0.1, 0.15) is 56.5 Å². The lowest BCUT2D eigenvalue weighted by Gasteiger charge is -2.36. The number of hydrogen-bond donors (Lipinski definition) is 0. The molecule has 1 saturated heterocycles. The molecule has 1 aliphatic rings. The van der Waals surface area contributed by atoms with Crippen LogP contribution < -0.4 is 9.64 Å². The third-order valence-corrected chi connectivity index (χ3v) is 5.85. The predicted octanol–water partition coefficient (Wildman–Crippen LogP) is 4.83. The van der Waals surface area contributed by atoms with Crippen molar-refractivity contribution in [2.45, 2.75) is 46.0 Å². The number of carbonyl (C=O) groups is 2. The van der Waals surface area contributed by atoms with E-state index >= 15 is 0 Å². The van der Waals surface area contributed by atoms with Crippen LogP contribution in [0.4, 0.5) is 10.1 Å². The van der Waals surface area contributed by atoms with Gasteiger partial charge >= 0.3 is 0 Å². The summed E-state index contributed by atoms with van der Waals surface area (Å²) in [5.41, 5.74) is 2.22. The molecule has 0 bridgehead atoms. The van der Waals surface area contributed by atoms with Crippen LogP contribution in [0.3, 0.4) is 0 Å². The molecule has 0 aliphatic carbocycles. The number of rotatable bonds is 7. The van der Waals surface area contributed by atoms with Gasteiger partial charge in [-0.05, 0) is 54.7 Å². The molecule has 6 heteroatoms. The van der Waals surface area contributed by atoms with E-state index in [2.05, 4.69) is 32.9 Å². The van der Waals surface area contributed by atoms with Crippen molar-refractivity contribution in [1.29, 1.82) is 0 Å². The van der Waals surface area contributed by atoms with Crippen molar-refractivity contribution in [1.82, 2.24) is 4.90 Å². The Morgan fingerprint density at radius 1 is 1.00 bits per heavy atom. The molecule has 3 rings (SSSR count). The van der Waals surface area contributed by atoms with Crippen molar-refractivity contribution >= 4 is 17.4 Å². The zero-order valence-corrected chi connectivity index (χ0v) is 19.5. The number of piperazine rings is 1. The summed E-state index contributed by atoms with van der Waals surface area (Å²) in [6.45, 7) is 10.7. The van der Waals surface area contributed by atoms with Gasteiger partial charge in [-0.3, -0.25) is 9.59 Å². The lowest BCUT2D eigenvalue weighted by atomic mass is 9.87. The van der Waals surface area contributed by atoms with E-state index in [0.717, 1.165) is 5.75 Å². The van der Waals surface area contributed by atoms with Crippen LogP contribution in [-0.2, 0) is 10.2 Å². The van der Waals surface area contributed by atoms with Gasteiger partial charge in [-0.25, -0.2) is 4.39 Å². The number of Topliss-reactive ketones (excluding diaryl/α,β-unsaturated/α-hetero) is 1. The molecule has 2 aromatic carbocycles. The molecule has 0 radical (unpaired) electrons. The van der Waals surface area contributed by atoms with Gasteiger partial charge in [-0.2, -0.15) is 0 Å². The van der Waals surface area contributed by atoms with E-state index in [1.54, 1.807) is 12.1 Å². The molecule has 0 N–H and O–H groups in total. The molecule has 1 fully saturated rings. The standard InChI is InChI=1S/C26H33FN2O3/c1-19(30)20-7-12-24(23(27)18-20)28-13-15-29(16-14-28)25(31)6-5-17-32-22-10-8-21(9-11-22)26(2,3)4/h7-12,18H,5-6,13-17H2,1-4H3. The van der Waals surface area contributed by atoms with Gasteiger partial charge in [0, 0.05) is 38.2 Å². The quantitative estimate of drug-likeness (QED) is 0.457. The fraction of sp³-hybridized carbons (Fsp3) is 0.462. The summed E-state index contributed by atoms with van der Waals surface area (Å²) < 4.78 is 20.2. The van der Waals surface area contributed by atoms with Crippen LogP contribution >= 0.6 is 0 Å². The molecule has 1 amide bonds. The fourth-order valence-corrected chi connectivity index (χ4v) is 3.80. The molecular weight excluding hydrogens is 407 g/mol. The van der Waals surface area contributed by atoms with E-state index in [9.17, 15) is 14.0 Å². The molecule has 5 nitrogen and oxygen atoms in total.